The first-order valence-corrected chi connectivity index (χ1v) is 8.05. The van der Waals surface area contributed by atoms with Gasteiger partial charge in [0.05, 0.1) is 0 Å². The van der Waals surface area contributed by atoms with Crippen molar-refractivity contribution < 1.29 is 0 Å². The van der Waals surface area contributed by atoms with Crippen molar-refractivity contribution in [3.8, 4) is 17.5 Å². The normalized spacial score (nSPS) is 10.3. The first-order valence-electron chi connectivity index (χ1n) is 7.24. The molecule has 0 atom stereocenters. The average Bonchev–Trinajstić information content (AvgIpc) is 2.99. The first-order chi connectivity index (χ1) is 11.7. The van der Waals surface area contributed by atoms with Crippen LogP contribution in [0.4, 0.5) is 0 Å². The van der Waals surface area contributed by atoms with Crippen LogP contribution in [-0.4, -0.2) is 25.0 Å². The fraction of sp³-hybridized carbons (Fsp3) is 0.118. The van der Waals surface area contributed by atoms with Crippen molar-refractivity contribution in [2.45, 2.75) is 23.7 Å². The van der Waals surface area contributed by atoms with E-state index >= 15 is 0 Å². The van der Waals surface area contributed by atoms with Gasteiger partial charge in [-0.3, -0.25) is 4.57 Å². The average molecular weight is 334 g/mol. The number of allylic oxidation sites excluding steroid dienone is 1. The Morgan fingerprint density at radius 1 is 1.12 bits per heavy atom. The summed E-state index contributed by atoms with van der Waals surface area (Å²) in [6.07, 6.45) is 1.80. The van der Waals surface area contributed by atoms with Gasteiger partial charge in [0.1, 0.15) is 11.1 Å². The minimum absolute atomic E-state index is 0.284. The summed E-state index contributed by atoms with van der Waals surface area (Å²) >= 11 is 1.35. The van der Waals surface area contributed by atoms with E-state index in [1.165, 1.54) is 17.3 Å². The third-order valence-corrected chi connectivity index (χ3v) is 4.20. The molecule has 0 aliphatic carbocycles. The van der Waals surface area contributed by atoms with Gasteiger partial charge in [0.2, 0.25) is 0 Å². The molecule has 0 aliphatic heterocycles. The van der Waals surface area contributed by atoms with Crippen LogP contribution in [0.15, 0.2) is 59.2 Å². The fourth-order valence-corrected chi connectivity index (χ4v) is 2.86. The zero-order chi connectivity index (χ0) is 16.9. The molecular formula is C17H14N6S. The molecule has 3 rings (SSSR count). The number of rotatable bonds is 5. The minimum atomic E-state index is 0.284. The van der Waals surface area contributed by atoms with Crippen molar-refractivity contribution in [2.24, 2.45) is 0 Å². The van der Waals surface area contributed by atoms with Crippen LogP contribution in [0.3, 0.4) is 0 Å². The van der Waals surface area contributed by atoms with Gasteiger partial charge in [-0.2, -0.15) is 5.26 Å². The molecule has 24 heavy (non-hydrogen) atoms. The van der Waals surface area contributed by atoms with Crippen LogP contribution in [0.1, 0.15) is 11.3 Å². The van der Waals surface area contributed by atoms with Crippen LogP contribution >= 0.6 is 11.8 Å². The summed E-state index contributed by atoms with van der Waals surface area (Å²) in [7, 11) is 0. The number of benzene rings is 1. The summed E-state index contributed by atoms with van der Waals surface area (Å²) < 4.78 is 1.97. The van der Waals surface area contributed by atoms with Crippen molar-refractivity contribution in [3.63, 3.8) is 0 Å². The molecule has 0 unspecified atom stereocenters. The molecule has 0 saturated heterocycles. The van der Waals surface area contributed by atoms with Gasteiger partial charge in [-0.05, 0) is 30.8 Å². The molecule has 2 heterocycles. The summed E-state index contributed by atoms with van der Waals surface area (Å²) in [5, 5.41) is 26.6. The molecule has 6 nitrogen and oxygen atoms in total. The smallest absolute Gasteiger partial charge is 0.198 e. The van der Waals surface area contributed by atoms with E-state index in [2.05, 4.69) is 27.0 Å². The lowest BCUT2D eigenvalue weighted by molar-refractivity contribution is 0.729. The Balaban J connectivity index is 1.94. The van der Waals surface area contributed by atoms with Crippen molar-refractivity contribution in [3.05, 3.63) is 60.3 Å². The van der Waals surface area contributed by atoms with E-state index in [1.807, 2.05) is 41.8 Å². The van der Waals surface area contributed by atoms with Crippen LogP contribution in [-0.2, 0) is 6.54 Å². The summed E-state index contributed by atoms with van der Waals surface area (Å²) in [5.41, 5.74) is 2.47. The van der Waals surface area contributed by atoms with E-state index in [1.54, 1.807) is 18.2 Å². The Bertz CT molecular complexity index is 890. The van der Waals surface area contributed by atoms with Gasteiger partial charge in [-0.1, -0.05) is 35.9 Å². The van der Waals surface area contributed by atoms with Crippen LogP contribution in [0.2, 0.25) is 0 Å². The molecule has 2 aromatic heterocycles. The minimum Gasteiger partial charge on any atom is -0.298 e. The molecular weight excluding hydrogens is 320 g/mol. The maximum absolute atomic E-state index is 8.78. The summed E-state index contributed by atoms with van der Waals surface area (Å²) in [6.45, 7) is 6.44. The van der Waals surface area contributed by atoms with E-state index in [-0.39, 0.29) is 5.69 Å². The highest BCUT2D eigenvalue weighted by Gasteiger charge is 2.15. The second kappa shape index (κ2) is 7.06. The highest BCUT2D eigenvalue weighted by atomic mass is 32.2. The van der Waals surface area contributed by atoms with Gasteiger partial charge in [0.25, 0.3) is 0 Å². The Morgan fingerprint density at radius 3 is 2.54 bits per heavy atom. The van der Waals surface area contributed by atoms with Crippen LogP contribution in [0, 0.1) is 18.3 Å². The predicted octanol–water partition coefficient (Wildman–Crippen LogP) is 3.25. The second-order valence-corrected chi connectivity index (χ2v) is 6.03. The standard InChI is InChI=1S/C17H14N6S/c1-3-10-23-16(13-6-4-12(2)5-7-13)21-22-17(23)24-15-9-8-14(11-18)19-20-15/h3-9H,1,10H2,2H3. The maximum atomic E-state index is 8.78. The quantitative estimate of drug-likeness (QED) is 0.666. The largest absolute Gasteiger partial charge is 0.298 e. The number of nitrogens with zero attached hydrogens (tertiary/aromatic N) is 6. The second-order valence-electron chi connectivity index (χ2n) is 5.04. The molecule has 0 aliphatic rings. The molecule has 0 bridgehead atoms. The van der Waals surface area contributed by atoms with Crippen molar-refractivity contribution in [1.29, 1.82) is 5.26 Å². The van der Waals surface area contributed by atoms with Gasteiger partial charge in [-0.25, -0.2) is 0 Å². The number of hydrogen-bond donors (Lipinski definition) is 0. The molecule has 1 aromatic carbocycles. The first kappa shape index (κ1) is 15.9. The highest BCUT2D eigenvalue weighted by Crippen LogP contribution is 2.28. The molecule has 0 radical (unpaired) electrons. The molecule has 0 N–H and O–H groups in total. The van der Waals surface area contributed by atoms with Crippen molar-refractivity contribution in [1.82, 2.24) is 25.0 Å². The molecule has 3 aromatic rings. The maximum Gasteiger partial charge on any atom is 0.198 e. The number of aromatic nitrogens is 5. The van der Waals surface area contributed by atoms with Crippen LogP contribution in [0.25, 0.3) is 11.4 Å². The Kier molecular flexibility index (Phi) is 4.68. The van der Waals surface area contributed by atoms with Gasteiger partial charge in [0, 0.05) is 12.1 Å². The van der Waals surface area contributed by atoms with Gasteiger partial charge in [0.15, 0.2) is 16.7 Å². The number of nitriles is 1. The van der Waals surface area contributed by atoms with E-state index in [0.717, 1.165) is 11.4 Å². The molecule has 7 heteroatoms. The molecule has 118 valence electrons. The van der Waals surface area contributed by atoms with Crippen molar-refractivity contribution >= 4 is 11.8 Å². The summed E-state index contributed by atoms with van der Waals surface area (Å²) in [4.78, 5) is 0. The SMILES string of the molecule is C=CCn1c(Sc2ccc(C#N)nn2)nnc1-c1ccc(C)cc1. The third kappa shape index (κ3) is 3.34. The topological polar surface area (TPSA) is 80.3 Å². The molecule has 0 saturated carbocycles. The molecule has 0 fully saturated rings. The molecule has 0 spiro atoms. The third-order valence-electron chi connectivity index (χ3n) is 3.29. The van der Waals surface area contributed by atoms with Crippen LogP contribution in [0.5, 0.6) is 0 Å². The van der Waals surface area contributed by atoms with E-state index in [4.69, 9.17) is 5.26 Å². The van der Waals surface area contributed by atoms with Crippen molar-refractivity contribution in [2.75, 3.05) is 0 Å². The number of aryl methyl sites for hydroxylation is 1. The van der Waals surface area contributed by atoms with Gasteiger partial charge >= 0.3 is 0 Å². The lowest BCUT2D eigenvalue weighted by atomic mass is 10.1. The summed E-state index contributed by atoms with van der Waals surface area (Å²) in [5.74, 6) is 0.777. The lowest BCUT2D eigenvalue weighted by Gasteiger charge is -2.07. The van der Waals surface area contributed by atoms with Crippen LogP contribution < -0.4 is 0 Å². The Labute approximate surface area is 143 Å². The zero-order valence-corrected chi connectivity index (χ0v) is 13.9. The monoisotopic (exact) mass is 334 g/mol. The molecule has 0 amide bonds. The van der Waals surface area contributed by atoms with E-state index < -0.39 is 0 Å². The highest BCUT2D eigenvalue weighted by molar-refractivity contribution is 7.99. The van der Waals surface area contributed by atoms with E-state index in [9.17, 15) is 0 Å². The Hall–Kier alpha value is -2.98. The van der Waals surface area contributed by atoms with E-state index in [0.29, 0.717) is 16.7 Å². The Morgan fingerprint density at radius 2 is 1.92 bits per heavy atom. The summed E-state index contributed by atoms with van der Waals surface area (Å²) in [6, 6.07) is 13.5. The number of hydrogen-bond acceptors (Lipinski definition) is 6. The lowest BCUT2D eigenvalue weighted by Crippen LogP contribution is -2.01. The van der Waals surface area contributed by atoms with Gasteiger partial charge < -0.3 is 0 Å². The predicted molar refractivity (Wildman–Crippen MR) is 91.3 cm³/mol. The fourth-order valence-electron chi connectivity index (χ4n) is 2.10. The zero-order valence-electron chi connectivity index (χ0n) is 13.0. The van der Waals surface area contributed by atoms with Gasteiger partial charge in [-0.15, -0.1) is 27.0 Å².